The molecule has 0 fully saturated rings. The maximum atomic E-state index is 9.97. The highest BCUT2D eigenvalue weighted by Crippen LogP contribution is 2.29. The average molecular weight is 331 g/mol. The Bertz CT molecular complexity index is 658. The zero-order chi connectivity index (χ0) is 16.9. The van der Waals surface area contributed by atoms with E-state index in [1.807, 2.05) is 13.1 Å². The maximum Gasteiger partial charge on any atom is 0.181 e. The topological polar surface area (TPSA) is 70.8 Å². The third kappa shape index (κ3) is 3.95. The molecule has 1 atom stereocenters. The Kier molecular flexibility index (Phi) is 5.50. The van der Waals surface area contributed by atoms with E-state index < -0.39 is 0 Å². The number of likely N-dealkylation sites (N-methyl/N-ethyl adjacent to an activating group) is 1. The molecular formula is C18H25N3O3. The van der Waals surface area contributed by atoms with E-state index in [-0.39, 0.29) is 6.10 Å². The number of benzene rings is 1. The van der Waals surface area contributed by atoms with Crippen LogP contribution in [-0.2, 0) is 19.6 Å². The zero-order valence-electron chi connectivity index (χ0n) is 14.3. The van der Waals surface area contributed by atoms with E-state index >= 15 is 0 Å². The quantitative estimate of drug-likeness (QED) is 0.801. The summed E-state index contributed by atoms with van der Waals surface area (Å²) in [6, 6.07) is 4.16. The van der Waals surface area contributed by atoms with Crippen LogP contribution in [0.5, 0.6) is 5.75 Å². The lowest BCUT2D eigenvalue weighted by Crippen LogP contribution is -2.40. The Hall–Kier alpha value is -1.89. The molecule has 3 rings (SSSR count). The zero-order valence-corrected chi connectivity index (χ0v) is 14.3. The van der Waals surface area contributed by atoms with E-state index in [0.717, 1.165) is 31.0 Å². The molecule has 0 aliphatic carbocycles. The third-order valence-electron chi connectivity index (χ3n) is 4.48. The van der Waals surface area contributed by atoms with Crippen LogP contribution in [0.25, 0.3) is 0 Å². The molecule has 2 heterocycles. The second kappa shape index (κ2) is 7.79. The first-order valence-electron chi connectivity index (χ1n) is 8.34. The number of β-amino-alcohol motifs (C(OH)–C–C–N with tert-alkyl or cyclic N) is 1. The maximum absolute atomic E-state index is 9.97. The second-order valence-corrected chi connectivity index (χ2v) is 6.28. The Morgan fingerprint density at radius 1 is 1.46 bits per heavy atom. The van der Waals surface area contributed by atoms with Crippen LogP contribution in [0.1, 0.15) is 22.5 Å². The third-order valence-corrected chi connectivity index (χ3v) is 4.48. The van der Waals surface area contributed by atoms with Crippen molar-refractivity contribution >= 4 is 0 Å². The SMILES string of the molecule is CNC[C@H](O)CN1CCc2c(ccc(OCc3cnco3)c2C)C1. The standard InChI is InChI=1S/C18H25N3O3/c1-13-17-5-6-21(10-15(22)7-19-2)9-14(17)3-4-18(13)23-11-16-8-20-12-24-16/h3-4,8,12,15,19,22H,5-7,9-11H2,1-2H3/t15-/m0/s1. The summed E-state index contributed by atoms with van der Waals surface area (Å²) in [6.45, 7) is 5.65. The fraction of sp³-hybridized carbons (Fsp3) is 0.500. The number of ether oxygens (including phenoxy) is 1. The molecule has 0 saturated carbocycles. The van der Waals surface area contributed by atoms with Gasteiger partial charge in [-0.1, -0.05) is 6.07 Å². The van der Waals surface area contributed by atoms with Crippen LogP contribution in [0.2, 0.25) is 0 Å². The number of nitrogens with one attached hydrogen (secondary N) is 1. The van der Waals surface area contributed by atoms with Crippen LogP contribution in [0.15, 0.2) is 29.1 Å². The monoisotopic (exact) mass is 331 g/mol. The highest BCUT2D eigenvalue weighted by molar-refractivity contribution is 5.45. The van der Waals surface area contributed by atoms with Crippen molar-refractivity contribution < 1.29 is 14.3 Å². The van der Waals surface area contributed by atoms with Crippen LogP contribution in [0.4, 0.5) is 0 Å². The van der Waals surface area contributed by atoms with Crippen LogP contribution >= 0.6 is 0 Å². The molecule has 2 N–H and O–H groups in total. The Labute approximate surface area is 142 Å². The number of fused-ring (bicyclic) bond motifs is 1. The van der Waals surface area contributed by atoms with Crippen molar-refractivity contribution in [3.05, 3.63) is 47.2 Å². The molecule has 0 radical (unpaired) electrons. The van der Waals surface area contributed by atoms with Gasteiger partial charge in [0.2, 0.25) is 0 Å². The molecule has 24 heavy (non-hydrogen) atoms. The number of oxazole rings is 1. The average Bonchev–Trinajstić information content (AvgIpc) is 3.08. The van der Waals surface area contributed by atoms with E-state index in [4.69, 9.17) is 9.15 Å². The Morgan fingerprint density at radius 2 is 2.33 bits per heavy atom. The largest absolute Gasteiger partial charge is 0.485 e. The van der Waals surface area contributed by atoms with Crippen LogP contribution < -0.4 is 10.1 Å². The van der Waals surface area contributed by atoms with Crippen LogP contribution in [-0.4, -0.2) is 47.8 Å². The van der Waals surface area contributed by atoms with Gasteiger partial charge in [-0.25, -0.2) is 4.98 Å². The number of aliphatic hydroxyl groups is 1. The number of aromatic nitrogens is 1. The second-order valence-electron chi connectivity index (χ2n) is 6.28. The van der Waals surface area contributed by atoms with E-state index in [9.17, 15) is 5.11 Å². The molecular weight excluding hydrogens is 306 g/mol. The summed E-state index contributed by atoms with van der Waals surface area (Å²) >= 11 is 0. The first-order chi connectivity index (χ1) is 11.7. The first-order valence-corrected chi connectivity index (χ1v) is 8.34. The molecule has 0 bridgehead atoms. The molecule has 0 unspecified atom stereocenters. The molecule has 1 aliphatic rings. The van der Waals surface area contributed by atoms with Crippen molar-refractivity contribution in [1.82, 2.24) is 15.2 Å². The molecule has 6 nitrogen and oxygen atoms in total. The lowest BCUT2D eigenvalue weighted by molar-refractivity contribution is 0.106. The Balaban J connectivity index is 1.65. The van der Waals surface area contributed by atoms with Gasteiger partial charge in [0.05, 0.1) is 12.3 Å². The van der Waals surface area contributed by atoms with Gasteiger partial charge in [-0.2, -0.15) is 0 Å². The van der Waals surface area contributed by atoms with E-state index in [1.165, 1.54) is 23.1 Å². The van der Waals surface area contributed by atoms with Gasteiger partial charge in [-0.05, 0) is 43.1 Å². The van der Waals surface area contributed by atoms with Crippen molar-refractivity contribution in [1.29, 1.82) is 0 Å². The lowest BCUT2D eigenvalue weighted by atomic mass is 9.94. The van der Waals surface area contributed by atoms with Crippen LogP contribution in [0.3, 0.4) is 0 Å². The summed E-state index contributed by atoms with van der Waals surface area (Å²) in [4.78, 5) is 6.20. The van der Waals surface area contributed by atoms with Gasteiger partial charge >= 0.3 is 0 Å². The minimum atomic E-state index is -0.331. The molecule has 2 aromatic rings. The van der Waals surface area contributed by atoms with Gasteiger partial charge in [-0.3, -0.25) is 4.90 Å². The lowest BCUT2D eigenvalue weighted by Gasteiger charge is -2.31. The molecule has 130 valence electrons. The van der Waals surface area contributed by atoms with Gasteiger partial charge < -0.3 is 19.6 Å². The Morgan fingerprint density at radius 3 is 3.08 bits per heavy atom. The van der Waals surface area contributed by atoms with E-state index in [0.29, 0.717) is 19.7 Å². The van der Waals surface area contributed by atoms with Crippen molar-refractivity contribution in [3.8, 4) is 5.75 Å². The van der Waals surface area contributed by atoms with E-state index in [2.05, 4.69) is 28.2 Å². The summed E-state index contributed by atoms with van der Waals surface area (Å²) in [5.74, 6) is 1.62. The number of nitrogens with zero attached hydrogens (tertiary/aromatic N) is 2. The molecule has 1 aromatic carbocycles. The van der Waals surface area contributed by atoms with Crippen molar-refractivity contribution in [2.45, 2.75) is 32.6 Å². The van der Waals surface area contributed by atoms with Gasteiger partial charge in [0.1, 0.15) is 12.4 Å². The first kappa shape index (κ1) is 17.0. The summed E-state index contributed by atoms with van der Waals surface area (Å²) in [5.41, 5.74) is 3.88. The smallest absolute Gasteiger partial charge is 0.181 e. The van der Waals surface area contributed by atoms with Crippen molar-refractivity contribution in [3.63, 3.8) is 0 Å². The highest BCUT2D eigenvalue weighted by Gasteiger charge is 2.21. The van der Waals surface area contributed by atoms with Crippen molar-refractivity contribution in [2.75, 3.05) is 26.7 Å². The molecule has 1 aliphatic heterocycles. The van der Waals surface area contributed by atoms with Gasteiger partial charge in [0, 0.05) is 26.2 Å². The normalized spacial score (nSPS) is 16.0. The molecule has 0 amide bonds. The fourth-order valence-electron chi connectivity index (χ4n) is 3.25. The minimum absolute atomic E-state index is 0.331. The number of hydrogen-bond donors (Lipinski definition) is 2. The summed E-state index contributed by atoms with van der Waals surface area (Å²) < 4.78 is 11.1. The molecule has 0 saturated heterocycles. The van der Waals surface area contributed by atoms with Gasteiger partial charge in [-0.15, -0.1) is 0 Å². The number of rotatable bonds is 7. The van der Waals surface area contributed by atoms with Crippen LogP contribution in [0, 0.1) is 6.92 Å². The van der Waals surface area contributed by atoms with Gasteiger partial charge in [0.15, 0.2) is 12.2 Å². The summed E-state index contributed by atoms with van der Waals surface area (Å²) in [7, 11) is 1.86. The van der Waals surface area contributed by atoms with Crippen molar-refractivity contribution in [2.24, 2.45) is 0 Å². The summed E-state index contributed by atoms with van der Waals surface area (Å²) in [6.07, 6.45) is 3.73. The minimum Gasteiger partial charge on any atom is -0.485 e. The number of aliphatic hydroxyl groups excluding tert-OH is 1. The fourth-order valence-corrected chi connectivity index (χ4v) is 3.25. The molecule has 0 spiro atoms. The summed E-state index contributed by atoms with van der Waals surface area (Å²) in [5, 5.41) is 13.0. The predicted molar refractivity (Wildman–Crippen MR) is 90.9 cm³/mol. The van der Waals surface area contributed by atoms with Gasteiger partial charge in [0.25, 0.3) is 0 Å². The number of hydrogen-bond acceptors (Lipinski definition) is 6. The molecule has 1 aromatic heterocycles. The van der Waals surface area contributed by atoms with E-state index in [1.54, 1.807) is 6.20 Å². The molecule has 6 heteroatoms. The highest BCUT2D eigenvalue weighted by atomic mass is 16.5. The predicted octanol–water partition coefficient (Wildman–Crippen LogP) is 1.50.